The van der Waals surface area contributed by atoms with Crippen LogP contribution in [0.3, 0.4) is 0 Å². The molecule has 24 heavy (non-hydrogen) atoms. The lowest BCUT2D eigenvalue weighted by molar-refractivity contribution is 0.102. The fraction of sp³-hybridized carbons (Fsp3) is 0.167. The van der Waals surface area contributed by atoms with Gasteiger partial charge in [0.25, 0.3) is 11.5 Å². The van der Waals surface area contributed by atoms with Crippen LogP contribution in [-0.2, 0) is 0 Å². The molecule has 3 rings (SSSR count). The predicted octanol–water partition coefficient (Wildman–Crippen LogP) is 2.65. The zero-order chi connectivity index (χ0) is 17.1. The number of carbonyl (C=O) groups is 1. The first-order chi connectivity index (χ1) is 11.6. The molecule has 3 aromatic rings. The van der Waals surface area contributed by atoms with E-state index in [0.29, 0.717) is 17.9 Å². The molecule has 0 radical (unpaired) electrons. The van der Waals surface area contributed by atoms with Crippen LogP contribution in [0.2, 0.25) is 0 Å². The zero-order valence-electron chi connectivity index (χ0n) is 13.4. The number of aromatic nitrogens is 2. The van der Waals surface area contributed by atoms with Gasteiger partial charge in [-0.1, -0.05) is 0 Å². The van der Waals surface area contributed by atoms with E-state index in [-0.39, 0.29) is 5.56 Å². The monoisotopic (exact) mass is 323 g/mol. The van der Waals surface area contributed by atoms with Crippen molar-refractivity contribution in [1.82, 2.24) is 9.38 Å². The molecule has 2 aromatic heterocycles. The van der Waals surface area contributed by atoms with E-state index in [1.165, 1.54) is 10.6 Å². The van der Waals surface area contributed by atoms with Crippen LogP contribution in [0, 0.1) is 6.92 Å². The summed E-state index contributed by atoms with van der Waals surface area (Å²) in [6.45, 7) is 4.39. The van der Waals surface area contributed by atoms with Gasteiger partial charge in [-0.05, 0) is 55.8 Å². The Balaban J connectivity index is 1.87. The lowest BCUT2D eigenvalue weighted by Crippen LogP contribution is -2.26. The van der Waals surface area contributed by atoms with Crippen LogP contribution in [0.5, 0.6) is 5.75 Å². The number of pyridine rings is 1. The minimum Gasteiger partial charge on any atom is -0.494 e. The van der Waals surface area contributed by atoms with E-state index in [0.717, 1.165) is 11.3 Å². The number of hydrogen-bond donors (Lipinski definition) is 1. The van der Waals surface area contributed by atoms with Crippen molar-refractivity contribution in [3.05, 3.63) is 70.3 Å². The summed E-state index contributed by atoms with van der Waals surface area (Å²) in [6.07, 6.45) is 2.93. The third kappa shape index (κ3) is 3.12. The quantitative estimate of drug-likeness (QED) is 0.801. The molecule has 0 saturated heterocycles. The van der Waals surface area contributed by atoms with Gasteiger partial charge in [0.1, 0.15) is 17.0 Å². The average molecular weight is 323 g/mol. The van der Waals surface area contributed by atoms with Crippen molar-refractivity contribution in [1.29, 1.82) is 0 Å². The number of benzene rings is 1. The fourth-order valence-corrected chi connectivity index (χ4v) is 2.33. The van der Waals surface area contributed by atoms with Crippen molar-refractivity contribution in [3.8, 4) is 5.75 Å². The molecule has 1 aromatic carbocycles. The second kappa shape index (κ2) is 6.54. The molecule has 122 valence electrons. The lowest BCUT2D eigenvalue weighted by atomic mass is 10.2. The summed E-state index contributed by atoms with van der Waals surface area (Å²) in [4.78, 5) is 29.0. The van der Waals surface area contributed by atoms with Gasteiger partial charge in [-0.2, -0.15) is 0 Å². The Kier molecular flexibility index (Phi) is 4.29. The molecule has 0 aliphatic carbocycles. The highest BCUT2D eigenvalue weighted by molar-refractivity contribution is 6.03. The summed E-state index contributed by atoms with van der Waals surface area (Å²) in [7, 11) is 0. The van der Waals surface area contributed by atoms with Gasteiger partial charge in [-0.3, -0.25) is 14.0 Å². The number of amides is 1. The molecule has 6 nitrogen and oxygen atoms in total. The zero-order valence-corrected chi connectivity index (χ0v) is 13.4. The first-order valence-electron chi connectivity index (χ1n) is 7.60. The molecule has 0 unspecified atom stereocenters. The molecule has 1 amide bonds. The van der Waals surface area contributed by atoms with Crippen LogP contribution >= 0.6 is 0 Å². The summed E-state index contributed by atoms with van der Waals surface area (Å²) in [6, 6.07) is 10.5. The van der Waals surface area contributed by atoms with Gasteiger partial charge in [0.2, 0.25) is 0 Å². The maximum absolute atomic E-state index is 12.5. The fourth-order valence-electron chi connectivity index (χ4n) is 2.33. The van der Waals surface area contributed by atoms with E-state index < -0.39 is 11.5 Å². The van der Waals surface area contributed by atoms with E-state index in [4.69, 9.17) is 4.74 Å². The van der Waals surface area contributed by atoms with Crippen molar-refractivity contribution < 1.29 is 9.53 Å². The summed E-state index contributed by atoms with van der Waals surface area (Å²) >= 11 is 0. The Hall–Kier alpha value is -3.15. The summed E-state index contributed by atoms with van der Waals surface area (Å²) < 4.78 is 6.71. The van der Waals surface area contributed by atoms with E-state index in [1.54, 1.807) is 42.6 Å². The number of aryl methyl sites for hydroxylation is 1. The molecule has 0 saturated carbocycles. The van der Waals surface area contributed by atoms with Gasteiger partial charge in [-0.15, -0.1) is 0 Å². The molecule has 0 atom stereocenters. The number of ether oxygens (including phenoxy) is 1. The molecular formula is C18H17N3O3. The molecule has 0 spiro atoms. The van der Waals surface area contributed by atoms with Crippen molar-refractivity contribution in [2.24, 2.45) is 0 Å². The normalized spacial score (nSPS) is 10.6. The minimum absolute atomic E-state index is 0.00904. The van der Waals surface area contributed by atoms with E-state index in [1.807, 2.05) is 13.8 Å². The van der Waals surface area contributed by atoms with E-state index in [9.17, 15) is 9.59 Å². The predicted molar refractivity (Wildman–Crippen MR) is 91.8 cm³/mol. The maximum atomic E-state index is 12.5. The second-order valence-electron chi connectivity index (χ2n) is 5.32. The molecule has 1 N–H and O–H groups in total. The summed E-state index contributed by atoms with van der Waals surface area (Å²) in [5, 5.41) is 2.70. The van der Waals surface area contributed by atoms with E-state index >= 15 is 0 Å². The summed E-state index contributed by atoms with van der Waals surface area (Å²) in [5.74, 6) is 0.227. The summed E-state index contributed by atoms with van der Waals surface area (Å²) in [5.41, 5.74) is 1.68. The molecule has 6 heteroatoms. The van der Waals surface area contributed by atoms with Gasteiger partial charge >= 0.3 is 0 Å². The Morgan fingerprint density at radius 2 is 2.00 bits per heavy atom. The highest BCUT2D eigenvalue weighted by atomic mass is 16.5. The van der Waals surface area contributed by atoms with Crippen LogP contribution in [0.1, 0.15) is 22.8 Å². The van der Waals surface area contributed by atoms with Crippen LogP contribution in [0.15, 0.2) is 53.6 Å². The maximum Gasteiger partial charge on any atom is 0.270 e. The first kappa shape index (κ1) is 15.7. The Morgan fingerprint density at radius 3 is 2.71 bits per heavy atom. The van der Waals surface area contributed by atoms with Crippen molar-refractivity contribution >= 4 is 17.2 Å². The number of nitrogens with zero attached hydrogens (tertiary/aromatic N) is 2. The van der Waals surface area contributed by atoms with Crippen LogP contribution < -0.4 is 15.6 Å². The number of hydrogen-bond acceptors (Lipinski definition) is 4. The van der Waals surface area contributed by atoms with Gasteiger partial charge in [0.15, 0.2) is 0 Å². The number of fused-ring (bicyclic) bond motifs is 1. The van der Waals surface area contributed by atoms with E-state index in [2.05, 4.69) is 10.3 Å². The Morgan fingerprint density at radius 1 is 1.25 bits per heavy atom. The second-order valence-corrected chi connectivity index (χ2v) is 5.32. The van der Waals surface area contributed by atoms with Crippen molar-refractivity contribution in [3.63, 3.8) is 0 Å². The number of rotatable bonds is 4. The molecule has 0 bridgehead atoms. The Bertz CT molecular complexity index is 946. The largest absolute Gasteiger partial charge is 0.494 e. The smallest absolute Gasteiger partial charge is 0.270 e. The molecule has 0 aliphatic heterocycles. The van der Waals surface area contributed by atoms with Gasteiger partial charge in [0, 0.05) is 18.1 Å². The first-order valence-corrected chi connectivity index (χ1v) is 7.60. The number of nitrogens with one attached hydrogen (secondary N) is 1. The minimum atomic E-state index is -0.494. The van der Waals surface area contributed by atoms with Crippen LogP contribution in [-0.4, -0.2) is 21.9 Å². The van der Waals surface area contributed by atoms with Crippen LogP contribution in [0.25, 0.3) is 5.65 Å². The SMILES string of the molecule is CCOc1ccc(NC(=O)c2cnc3cc(C)ccn3c2=O)cc1. The topological polar surface area (TPSA) is 72.7 Å². The van der Waals surface area contributed by atoms with Crippen molar-refractivity contribution in [2.75, 3.05) is 11.9 Å². The standard InChI is InChI=1S/C18H17N3O3/c1-3-24-14-6-4-13(5-7-14)20-17(22)15-11-19-16-10-12(2)8-9-21(16)18(15)23/h4-11H,3H2,1-2H3,(H,20,22). The molecule has 0 aliphatic rings. The average Bonchev–Trinajstić information content (AvgIpc) is 2.57. The van der Waals surface area contributed by atoms with Gasteiger partial charge in [-0.25, -0.2) is 4.98 Å². The Labute approximate surface area is 138 Å². The number of carbonyl (C=O) groups excluding carboxylic acids is 1. The highest BCUT2D eigenvalue weighted by Crippen LogP contribution is 2.16. The third-order valence-electron chi connectivity index (χ3n) is 3.53. The lowest BCUT2D eigenvalue weighted by Gasteiger charge is -2.08. The van der Waals surface area contributed by atoms with Crippen molar-refractivity contribution in [2.45, 2.75) is 13.8 Å². The highest BCUT2D eigenvalue weighted by Gasteiger charge is 2.13. The third-order valence-corrected chi connectivity index (χ3v) is 3.53. The van der Waals surface area contributed by atoms with Gasteiger partial charge in [0.05, 0.1) is 6.61 Å². The molecule has 0 fully saturated rings. The van der Waals surface area contributed by atoms with Gasteiger partial charge < -0.3 is 10.1 Å². The molecule has 2 heterocycles. The van der Waals surface area contributed by atoms with Crippen LogP contribution in [0.4, 0.5) is 5.69 Å². The number of anilines is 1. The molecular weight excluding hydrogens is 306 g/mol.